The van der Waals surface area contributed by atoms with Gasteiger partial charge in [-0.2, -0.15) is 0 Å². The minimum atomic E-state index is -0.451. The number of hydrogen-bond acceptors (Lipinski definition) is 2. The Morgan fingerprint density at radius 1 is 1.19 bits per heavy atom. The zero-order valence-corrected chi connectivity index (χ0v) is 11.8. The Kier molecular flexibility index (Phi) is 3.93. The lowest BCUT2D eigenvalue weighted by Crippen LogP contribution is -2.42. The van der Waals surface area contributed by atoms with Gasteiger partial charge in [0.2, 0.25) is 5.91 Å². The molecule has 1 saturated carbocycles. The van der Waals surface area contributed by atoms with Gasteiger partial charge in [-0.1, -0.05) is 6.42 Å². The van der Waals surface area contributed by atoms with E-state index in [0.29, 0.717) is 30.5 Å². The molecule has 0 radical (unpaired) electrons. The van der Waals surface area contributed by atoms with Crippen molar-refractivity contribution in [2.24, 2.45) is 5.92 Å². The van der Waals surface area contributed by atoms with Crippen LogP contribution in [-0.2, 0) is 17.8 Å². The first-order valence-corrected chi connectivity index (χ1v) is 7.49. The molecule has 1 N–H and O–H groups in total. The number of hydrogen-bond donors (Lipinski definition) is 1. The molecule has 0 aromatic heterocycles. The number of rotatable bonds is 1. The van der Waals surface area contributed by atoms with E-state index in [1.165, 1.54) is 0 Å². The van der Waals surface area contributed by atoms with Gasteiger partial charge in [0.1, 0.15) is 11.6 Å². The van der Waals surface area contributed by atoms with E-state index in [1.807, 2.05) is 0 Å². The van der Waals surface area contributed by atoms with Gasteiger partial charge in [-0.3, -0.25) is 4.79 Å². The highest BCUT2D eigenvalue weighted by Gasteiger charge is 2.32. The van der Waals surface area contributed by atoms with Gasteiger partial charge in [-0.05, 0) is 43.4 Å². The molecule has 5 heteroatoms. The van der Waals surface area contributed by atoms with Crippen LogP contribution in [0.4, 0.5) is 8.78 Å². The van der Waals surface area contributed by atoms with Crippen molar-refractivity contribution >= 4 is 5.91 Å². The molecule has 114 valence electrons. The second-order valence-corrected chi connectivity index (χ2v) is 6.01. The van der Waals surface area contributed by atoms with E-state index in [2.05, 4.69) is 0 Å². The van der Waals surface area contributed by atoms with Gasteiger partial charge in [-0.15, -0.1) is 0 Å². The predicted molar refractivity (Wildman–Crippen MR) is 73.4 cm³/mol. The third kappa shape index (κ3) is 2.79. The first kappa shape index (κ1) is 14.4. The maximum absolute atomic E-state index is 13.8. The van der Waals surface area contributed by atoms with Crippen LogP contribution >= 0.6 is 0 Å². The fraction of sp³-hybridized carbons (Fsp3) is 0.562. The molecule has 0 saturated heterocycles. The lowest BCUT2D eigenvalue weighted by molar-refractivity contribution is -0.138. The van der Waals surface area contributed by atoms with Crippen molar-refractivity contribution in [2.45, 2.75) is 44.8 Å². The summed E-state index contributed by atoms with van der Waals surface area (Å²) in [7, 11) is 0. The van der Waals surface area contributed by atoms with E-state index in [1.54, 1.807) is 4.90 Å². The zero-order chi connectivity index (χ0) is 15.0. The molecule has 1 aliphatic heterocycles. The summed E-state index contributed by atoms with van der Waals surface area (Å²) in [5, 5.41) is 9.68. The zero-order valence-electron chi connectivity index (χ0n) is 11.8. The van der Waals surface area contributed by atoms with Crippen molar-refractivity contribution in [2.75, 3.05) is 6.54 Å². The number of fused-ring (bicyclic) bond motifs is 1. The molecule has 3 rings (SSSR count). The SMILES string of the molecule is O=C(C1CCCC(O)C1)N1CCc2c(F)ccc(F)c2C1. The van der Waals surface area contributed by atoms with Crippen LogP contribution in [0.15, 0.2) is 12.1 Å². The van der Waals surface area contributed by atoms with Gasteiger partial charge in [0.25, 0.3) is 0 Å². The smallest absolute Gasteiger partial charge is 0.226 e. The molecular weight excluding hydrogens is 276 g/mol. The molecule has 1 aliphatic carbocycles. The average Bonchev–Trinajstić information content (AvgIpc) is 2.50. The number of halogens is 2. The molecule has 1 heterocycles. The van der Waals surface area contributed by atoms with Crippen LogP contribution in [0.5, 0.6) is 0 Å². The summed E-state index contributed by atoms with van der Waals surface area (Å²) >= 11 is 0. The Balaban J connectivity index is 1.76. The number of nitrogens with zero attached hydrogens (tertiary/aromatic N) is 1. The van der Waals surface area contributed by atoms with Crippen molar-refractivity contribution in [3.05, 3.63) is 34.9 Å². The number of benzene rings is 1. The minimum absolute atomic E-state index is 0.0388. The van der Waals surface area contributed by atoms with Crippen molar-refractivity contribution in [3.63, 3.8) is 0 Å². The molecular formula is C16H19F2NO2. The van der Waals surface area contributed by atoms with E-state index in [0.717, 1.165) is 31.4 Å². The van der Waals surface area contributed by atoms with E-state index < -0.39 is 17.7 Å². The number of aliphatic hydroxyl groups is 1. The summed E-state index contributed by atoms with van der Waals surface area (Å²) in [6.45, 7) is 0.545. The van der Waals surface area contributed by atoms with Crippen molar-refractivity contribution in [1.82, 2.24) is 4.90 Å². The number of carbonyl (C=O) groups excluding carboxylic acids is 1. The van der Waals surface area contributed by atoms with Gasteiger partial charge in [0.05, 0.1) is 6.10 Å². The highest BCUT2D eigenvalue weighted by molar-refractivity contribution is 5.79. The number of carbonyl (C=O) groups is 1. The van der Waals surface area contributed by atoms with Crippen LogP contribution in [0, 0.1) is 17.6 Å². The quantitative estimate of drug-likeness (QED) is 0.864. The molecule has 0 spiro atoms. The molecule has 21 heavy (non-hydrogen) atoms. The van der Waals surface area contributed by atoms with E-state index in [9.17, 15) is 18.7 Å². The lowest BCUT2D eigenvalue weighted by atomic mass is 9.85. The maximum Gasteiger partial charge on any atom is 0.226 e. The topological polar surface area (TPSA) is 40.5 Å². The fourth-order valence-electron chi connectivity index (χ4n) is 3.43. The molecule has 2 aliphatic rings. The van der Waals surface area contributed by atoms with E-state index in [-0.39, 0.29) is 18.4 Å². The first-order chi connectivity index (χ1) is 10.1. The van der Waals surface area contributed by atoms with Gasteiger partial charge in [0.15, 0.2) is 0 Å². The Morgan fingerprint density at radius 3 is 2.62 bits per heavy atom. The highest BCUT2D eigenvalue weighted by Crippen LogP contribution is 2.29. The van der Waals surface area contributed by atoms with Gasteiger partial charge >= 0.3 is 0 Å². The summed E-state index contributed by atoms with van der Waals surface area (Å²) in [4.78, 5) is 14.1. The largest absolute Gasteiger partial charge is 0.393 e. The van der Waals surface area contributed by atoms with Crippen LogP contribution in [0.3, 0.4) is 0 Å². The third-order valence-electron chi connectivity index (χ3n) is 4.60. The Bertz CT molecular complexity index is 561. The number of aliphatic hydroxyl groups excluding tert-OH is 1. The van der Waals surface area contributed by atoms with Crippen LogP contribution in [0.25, 0.3) is 0 Å². The second-order valence-electron chi connectivity index (χ2n) is 6.01. The van der Waals surface area contributed by atoms with Crippen molar-refractivity contribution in [3.8, 4) is 0 Å². The summed E-state index contributed by atoms with van der Waals surface area (Å²) < 4.78 is 27.5. The summed E-state index contributed by atoms with van der Waals surface area (Å²) in [5.41, 5.74) is 0.689. The predicted octanol–water partition coefficient (Wildman–Crippen LogP) is 2.40. The van der Waals surface area contributed by atoms with E-state index >= 15 is 0 Å². The van der Waals surface area contributed by atoms with Gasteiger partial charge < -0.3 is 10.0 Å². The fourth-order valence-corrected chi connectivity index (χ4v) is 3.43. The Labute approximate surface area is 122 Å². The van der Waals surface area contributed by atoms with Crippen molar-refractivity contribution in [1.29, 1.82) is 0 Å². The normalized spacial score (nSPS) is 25.6. The molecule has 0 bridgehead atoms. The summed E-state index contributed by atoms with van der Waals surface area (Å²) in [6, 6.07) is 2.26. The highest BCUT2D eigenvalue weighted by atomic mass is 19.1. The average molecular weight is 295 g/mol. The maximum atomic E-state index is 13.8. The molecule has 1 aromatic carbocycles. The molecule has 1 amide bonds. The Morgan fingerprint density at radius 2 is 1.90 bits per heavy atom. The van der Waals surface area contributed by atoms with Gasteiger partial charge in [-0.25, -0.2) is 8.78 Å². The molecule has 1 aromatic rings. The van der Waals surface area contributed by atoms with Crippen molar-refractivity contribution < 1.29 is 18.7 Å². The molecule has 1 fully saturated rings. The second kappa shape index (κ2) is 5.72. The molecule has 2 atom stereocenters. The van der Waals surface area contributed by atoms with Crippen LogP contribution in [-0.4, -0.2) is 28.6 Å². The lowest BCUT2D eigenvalue weighted by Gasteiger charge is -2.34. The monoisotopic (exact) mass is 295 g/mol. The van der Waals surface area contributed by atoms with Gasteiger partial charge in [0, 0.05) is 24.6 Å². The molecule has 2 unspecified atom stereocenters. The van der Waals surface area contributed by atoms with Crippen LogP contribution in [0.1, 0.15) is 36.8 Å². The number of amides is 1. The third-order valence-corrected chi connectivity index (χ3v) is 4.60. The summed E-state index contributed by atoms with van der Waals surface area (Å²) in [6.07, 6.45) is 2.76. The molecule has 3 nitrogen and oxygen atoms in total. The minimum Gasteiger partial charge on any atom is -0.393 e. The first-order valence-electron chi connectivity index (χ1n) is 7.49. The van der Waals surface area contributed by atoms with Crippen LogP contribution < -0.4 is 0 Å². The standard InChI is InChI=1S/C16H19F2NO2/c17-14-4-5-15(18)13-9-19(7-6-12(13)14)16(21)10-2-1-3-11(20)8-10/h4-5,10-11,20H,1-3,6-9H2. The van der Waals surface area contributed by atoms with Crippen LogP contribution in [0.2, 0.25) is 0 Å². The Hall–Kier alpha value is -1.49. The summed E-state index contributed by atoms with van der Waals surface area (Å²) in [5.74, 6) is -1.07. The van der Waals surface area contributed by atoms with E-state index in [4.69, 9.17) is 0 Å².